The van der Waals surface area contributed by atoms with E-state index in [9.17, 15) is 4.79 Å². The van der Waals surface area contributed by atoms with Crippen LogP contribution >= 0.6 is 11.3 Å². The zero-order chi connectivity index (χ0) is 17.5. The summed E-state index contributed by atoms with van der Waals surface area (Å²) < 4.78 is 5.20. The molecular weight excluding hydrogens is 320 g/mol. The van der Waals surface area contributed by atoms with Gasteiger partial charge in [0.25, 0.3) is 0 Å². The van der Waals surface area contributed by atoms with E-state index in [0.717, 1.165) is 29.1 Å². The number of nitrogens with one attached hydrogen (secondary N) is 1. The lowest BCUT2D eigenvalue weighted by Crippen LogP contribution is -2.30. The molecule has 0 aliphatic carbocycles. The summed E-state index contributed by atoms with van der Waals surface area (Å²) in [6, 6.07) is 8.74. The summed E-state index contributed by atoms with van der Waals surface area (Å²) in [6.45, 7) is 6.42. The average molecular weight is 346 g/mol. The number of methoxy groups -OCH3 is 1. The number of carbonyl (C=O) groups is 1. The largest absolute Gasteiger partial charge is 0.384 e. The third-order valence-corrected chi connectivity index (χ3v) is 5.00. The molecule has 5 heteroatoms. The standard InChI is InChI=1S/C19H26N2O2S/c1-13(11-23-4)19-21-18(12-24-19)17-9-7-16(8-10-17)6-5-14(2)20-15(3)22/h7-10,12-14H,5-6,11H2,1-4H3,(H,20,22). The SMILES string of the molecule is COCC(C)c1nc(-c2ccc(CCC(C)NC(C)=O)cc2)cs1. The van der Waals surface area contributed by atoms with Crippen LogP contribution in [0, 0.1) is 0 Å². The molecule has 0 fully saturated rings. The van der Waals surface area contributed by atoms with Gasteiger partial charge in [0.2, 0.25) is 5.91 Å². The number of aromatic nitrogens is 1. The first-order valence-electron chi connectivity index (χ1n) is 8.30. The van der Waals surface area contributed by atoms with Gasteiger partial charge < -0.3 is 10.1 Å². The molecule has 2 atom stereocenters. The molecule has 4 nitrogen and oxygen atoms in total. The average Bonchev–Trinajstić information content (AvgIpc) is 3.03. The molecule has 0 aliphatic heterocycles. The lowest BCUT2D eigenvalue weighted by atomic mass is 10.0. The van der Waals surface area contributed by atoms with Gasteiger partial charge in [0.15, 0.2) is 0 Å². The van der Waals surface area contributed by atoms with E-state index in [4.69, 9.17) is 9.72 Å². The first-order chi connectivity index (χ1) is 11.5. The van der Waals surface area contributed by atoms with E-state index in [1.165, 1.54) is 5.56 Å². The number of aryl methyl sites for hydroxylation is 1. The molecule has 130 valence electrons. The van der Waals surface area contributed by atoms with E-state index >= 15 is 0 Å². The maximum absolute atomic E-state index is 11.0. The zero-order valence-electron chi connectivity index (χ0n) is 14.8. The van der Waals surface area contributed by atoms with Gasteiger partial charge in [-0.05, 0) is 25.3 Å². The molecule has 1 aromatic carbocycles. The molecule has 24 heavy (non-hydrogen) atoms. The van der Waals surface area contributed by atoms with Gasteiger partial charge in [0.1, 0.15) is 0 Å². The monoisotopic (exact) mass is 346 g/mol. The molecule has 2 aromatic rings. The minimum atomic E-state index is 0.0277. The summed E-state index contributed by atoms with van der Waals surface area (Å²) in [5, 5.41) is 6.13. The van der Waals surface area contributed by atoms with Gasteiger partial charge in [-0.1, -0.05) is 31.2 Å². The first kappa shape index (κ1) is 18.6. The number of thiazole rings is 1. The van der Waals surface area contributed by atoms with E-state index in [-0.39, 0.29) is 11.9 Å². The Balaban J connectivity index is 1.95. The van der Waals surface area contributed by atoms with Crippen molar-refractivity contribution >= 4 is 17.2 Å². The van der Waals surface area contributed by atoms with Crippen LogP contribution in [0.25, 0.3) is 11.3 Å². The molecule has 1 aromatic heterocycles. The van der Waals surface area contributed by atoms with Crippen LogP contribution in [0.5, 0.6) is 0 Å². The number of amides is 1. The van der Waals surface area contributed by atoms with Gasteiger partial charge in [0, 0.05) is 36.9 Å². The minimum Gasteiger partial charge on any atom is -0.384 e. The Hall–Kier alpha value is -1.72. The smallest absolute Gasteiger partial charge is 0.217 e. The molecule has 0 radical (unpaired) electrons. The topological polar surface area (TPSA) is 51.2 Å². The maximum Gasteiger partial charge on any atom is 0.217 e. The second-order valence-electron chi connectivity index (χ2n) is 6.26. The Kier molecular flexibility index (Phi) is 6.94. The predicted molar refractivity (Wildman–Crippen MR) is 99.4 cm³/mol. The van der Waals surface area contributed by atoms with Crippen molar-refractivity contribution in [2.24, 2.45) is 0 Å². The van der Waals surface area contributed by atoms with Gasteiger partial charge in [-0.2, -0.15) is 0 Å². The van der Waals surface area contributed by atoms with Crippen molar-refractivity contribution in [2.45, 2.75) is 45.6 Å². The van der Waals surface area contributed by atoms with Gasteiger partial charge in [-0.25, -0.2) is 4.98 Å². The molecule has 1 amide bonds. The van der Waals surface area contributed by atoms with Crippen LogP contribution in [-0.2, 0) is 16.0 Å². The van der Waals surface area contributed by atoms with Crippen LogP contribution in [0.15, 0.2) is 29.6 Å². The lowest BCUT2D eigenvalue weighted by Gasteiger charge is -2.12. The molecule has 2 rings (SSSR count). The van der Waals surface area contributed by atoms with Gasteiger partial charge >= 0.3 is 0 Å². The van der Waals surface area contributed by atoms with Crippen molar-refractivity contribution in [3.8, 4) is 11.3 Å². The van der Waals surface area contributed by atoms with Crippen molar-refractivity contribution in [2.75, 3.05) is 13.7 Å². The number of ether oxygens (including phenoxy) is 1. The molecule has 2 unspecified atom stereocenters. The highest BCUT2D eigenvalue weighted by atomic mass is 32.1. The highest BCUT2D eigenvalue weighted by Gasteiger charge is 2.11. The Morgan fingerprint density at radius 3 is 2.62 bits per heavy atom. The highest BCUT2D eigenvalue weighted by Crippen LogP contribution is 2.27. The molecular formula is C19H26N2O2S. The van der Waals surface area contributed by atoms with Crippen LogP contribution in [0.4, 0.5) is 0 Å². The van der Waals surface area contributed by atoms with Crippen molar-refractivity contribution in [1.82, 2.24) is 10.3 Å². The molecule has 1 N–H and O–H groups in total. The number of nitrogens with zero attached hydrogens (tertiary/aromatic N) is 1. The Morgan fingerprint density at radius 2 is 2.00 bits per heavy atom. The number of hydrogen-bond acceptors (Lipinski definition) is 4. The van der Waals surface area contributed by atoms with Gasteiger partial charge in [0.05, 0.1) is 17.3 Å². The number of benzene rings is 1. The second-order valence-corrected chi connectivity index (χ2v) is 7.15. The Morgan fingerprint density at radius 1 is 1.29 bits per heavy atom. The van der Waals surface area contributed by atoms with Gasteiger partial charge in [-0.15, -0.1) is 11.3 Å². The fourth-order valence-electron chi connectivity index (χ4n) is 2.61. The van der Waals surface area contributed by atoms with E-state index in [0.29, 0.717) is 12.5 Å². The van der Waals surface area contributed by atoms with Crippen LogP contribution in [0.2, 0.25) is 0 Å². The van der Waals surface area contributed by atoms with Crippen molar-refractivity contribution in [1.29, 1.82) is 0 Å². The van der Waals surface area contributed by atoms with Gasteiger partial charge in [-0.3, -0.25) is 4.79 Å². The summed E-state index contributed by atoms with van der Waals surface area (Å²) >= 11 is 1.69. The number of rotatable bonds is 8. The zero-order valence-corrected chi connectivity index (χ0v) is 15.7. The Bertz CT molecular complexity index is 652. The number of hydrogen-bond donors (Lipinski definition) is 1. The first-order valence-corrected chi connectivity index (χ1v) is 9.18. The van der Waals surface area contributed by atoms with E-state index in [1.807, 2.05) is 6.92 Å². The highest BCUT2D eigenvalue weighted by molar-refractivity contribution is 7.10. The molecule has 0 spiro atoms. The minimum absolute atomic E-state index is 0.0277. The summed E-state index contributed by atoms with van der Waals surface area (Å²) in [7, 11) is 1.72. The summed E-state index contributed by atoms with van der Waals surface area (Å²) in [6.07, 6.45) is 1.89. The summed E-state index contributed by atoms with van der Waals surface area (Å²) in [5.74, 6) is 0.350. The summed E-state index contributed by atoms with van der Waals surface area (Å²) in [4.78, 5) is 15.8. The molecule has 0 saturated carbocycles. The molecule has 0 aliphatic rings. The third kappa shape index (κ3) is 5.42. The molecule has 0 saturated heterocycles. The third-order valence-electron chi connectivity index (χ3n) is 3.93. The summed E-state index contributed by atoms with van der Waals surface area (Å²) in [5.41, 5.74) is 3.44. The van der Waals surface area contributed by atoms with Crippen molar-refractivity contribution in [3.63, 3.8) is 0 Å². The van der Waals surface area contributed by atoms with Crippen LogP contribution < -0.4 is 5.32 Å². The quantitative estimate of drug-likeness (QED) is 0.785. The van der Waals surface area contributed by atoms with Crippen LogP contribution in [0.3, 0.4) is 0 Å². The molecule has 1 heterocycles. The van der Waals surface area contributed by atoms with Crippen molar-refractivity contribution < 1.29 is 9.53 Å². The normalized spacial score (nSPS) is 13.5. The van der Waals surface area contributed by atoms with Crippen LogP contribution in [0.1, 0.15) is 43.7 Å². The van der Waals surface area contributed by atoms with E-state index < -0.39 is 0 Å². The predicted octanol–water partition coefficient (Wildman–Crippen LogP) is 4.02. The second kappa shape index (κ2) is 8.94. The maximum atomic E-state index is 11.0. The van der Waals surface area contributed by atoms with E-state index in [2.05, 4.69) is 41.9 Å². The van der Waals surface area contributed by atoms with E-state index in [1.54, 1.807) is 25.4 Å². The fourth-order valence-corrected chi connectivity index (χ4v) is 3.48. The van der Waals surface area contributed by atoms with Crippen molar-refractivity contribution in [3.05, 3.63) is 40.2 Å². The lowest BCUT2D eigenvalue weighted by molar-refractivity contribution is -0.119. The number of carbonyl (C=O) groups excluding carboxylic acids is 1. The fraction of sp³-hybridized carbons (Fsp3) is 0.474. The molecule has 0 bridgehead atoms. The van der Waals surface area contributed by atoms with Crippen LogP contribution in [-0.4, -0.2) is 30.6 Å². The Labute approximate surface area is 148 Å².